The molecule has 49 heavy (non-hydrogen) atoms. The first kappa shape index (κ1) is 32.9. The minimum Gasteiger partial charge on any atom is -0.392 e. The lowest BCUT2D eigenvalue weighted by Crippen LogP contribution is -2.60. The normalized spacial score (nSPS) is 33.0. The van der Waals surface area contributed by atoms with Gasteiger partial charge in [-0.25, -0.2) is 4.79 Å². The van der Waals surface area contributed by atoms with Gasteiger partial charge in [0.25, 0.3) is 0 Å². The van der Waals surface area contributed by atoms with Gasteiger partial charge in [0.05, 0.1) is 18.8 Å². The van der Waals surface area contributed by atoms with Crippen molar-refractivity contribution in [3.63, 3.8) is 0 Å². The number of anilines is 1. The van der Waals surface area contributed by atoms with Crippen molar-refractivity contribution in [1.29, 1.82) is 0 Å². The molecular formula is C41H52N4O4. The van der Waals surface area contributed by atoms with Gasteiger partial charge in [0.1, 0.15) is 0 Å². The summed E-state index contributed by atoms with van der Waals surface area (Å²) in [5, 5.41) is 16.2. The van der Waals surface area contributed by atoms with Gasteiger partial charge < -0.3 is 25.2 Å². The molecule has 2 heterocycles. The molecular weight excluding hydrogens is 612 g/mol. The van der Waals surface area contributed by atoms with Crippen LogP contribution in [0.2, 0.25) is 0 Å². The summed E-state index contributed by atoms with van der Waals surface area (Å²) in [7, 11) is 0. The fourth-order valence-corrected chi connectivity index (χ4v) is 9.94. The average molecular weight is 665 g/mol. The van der Waals surface area contributed by atoms with Crippen LogP contribution in [0, 0.1) is 23.7 Å². The monoisotopic (exact) mass is 664 g/mol. The highest BCUT2D eigenvalue weighted by Gasteiger charge is 2.51. The number of rotatable bonds is 9. The zero-order valence-electron chi connectivity index (χ0n) is 28.8. The molecule has 3 aromatic carbocycles. The van der Waals surface area contributed by atoms with Crippen molar-refractivity contribution in [2.45, 2.75) is 82.6 Å². The second-order valence-electron chi connectivity index (χ2n) is 15.8. The van der Waals surface area contributed by atoms with Crippen LogP contribution in [0.5, 0.6) is 0 Å². The molecule has 3 aromatic rings. The Labute approximate surface area is 291 Å². The second kappa shape index (κ2) is 14.2. The van der Waals surface area contributed by atoms with Crippen LogP contribution in [0.25, 0.3) is 0 Å². The molecule has 9 rings (SSSR count). The lowest BCUT2D eigenvalue weighted by atomic mass is 9.53. The van der Waals surface area contributed by atoms with E-state index in [0.29, 0.717) is 0 Å². The molecule has 2 saturated heterocycles. The number of urea groups is 1. The lowest BCUT2D eigenvalue weighted by Gasteiger charge is -2.56. The minimum atomic E-state index is -0.530. The summed E-state index contributed by atoms with van der Waals surface area (Å²) in [5.41, 5.74) is 5.03. The molecule has 0 radical (unpaired) electrons. The fraction of sp³-hybridized carbons (Fsp3) is 0.537. The van der Waals surface area contributed by atoms with E-state index in [2.05, 4.69) is 69.8 Å². The van der Waals surface area contributed by atoms with Gasteiger partial charge in [-0.15, -0.1) is 0 Å². The Morgan fingerprint density at radius 2 is 1.39 bits per heavy atom. The van der Waals surface area contributed by atoms with Crippen molar-refractivity contribution in [1.82, 2.24) is 15.1 Å². The van der Waals surface area contributed by atoms with E-state index in [1.54, 1.807) is 0 Å². The van der Waals surface area contributed by atoms with E-state index in [-0.39, 0.29) is 36.3 Å². The third-order valence-electron chi connectivity index (χ3n) is 12.1. The van der Waals surface area contributed by atoms with Crippen LogP contribution < -0.4 is 10.6 Å². The largest absolute Gasteiger partial charge is 0.392 e. The van der Waals surface area contributed by atoms with Gasteiger partial charge >= 0.3 is 6.03 Å². The Hall–Kier alpha value is -3.27. The molecule has 4 aliphatic carbocycles. The van der Waals surface area contributed by atoms with E-state index in [9.17, 15) is 9.90 Å². The molecule has 2 amide bonds. The quantitative estimate of drug-likeness (QED) is 0.231. The predicted octanol–water partition coefficient (Wildman–Crippen LogP) is 6.88. The molecule has 2 aliphatic heterocycles. The molecule has 4 atom stereocenters. The molecule has 0 spiro atoms. The Balaban J connectivity index is 0.925. The van der Waals surface area contributed by atoms with E-state index in [4.69, 9.17) is 9.47 Å². The van der Waals surface area contributed by atoms with Gasteiger partial charge in [-0.1, -0.05) is 73.7 Å². The smallest absolute Gasteiger partial charge is 0.319 e. The number of hydrogen-bond acceptors (Lipinski definition) is 6. The van der Waals surface area contributed by atoms with E-state index < -0.39 is 6.29 Å². The highest BCUT2D eigenvalue weighted by molar-refractivity contribution is 5.89. The number of carbonyl (C=O) groups is 1. The number of aliphatic hydroxyl groups excluding tert-OH is 1. The summed E-state index contributed by atoms with van der Waals surface area (Å²) in [6, 6.07) is 26.7. The van der Waals surface area contributed by atoms with E-state index in [1.165, 1.54) is 24.8 Å². The lowest BCUT2D eigenvalue weighted by molar-refractivity contribution is -0.276. The Bertz CT molecular complexity index is 1520. The Morgan fingerprint density at radius 3 is 2.02 bits per heavy atom. The summed E-state index contributed by atoms with van der Waals surface area (Å²) in [6.07, 6.45) is 6.76. The third-order valence-corrected chi connectivity index (χ3v) is 12.1. The third kappa shape index (κ3) is 7.45. The molecule has 4 saturated carbocycles. The average Bonchev–Trinajstić information content (AvgIpc) is 3.10. The van der Waals surface area contributed by atoms with Gasteiger partial charge in [0.2, 0.25) is 0 Å². The van der Waals surface area contributed by atoms with Crippen molar-refractivity contribution >= 4 is 11.7 Å². The number of nitrogens with one attached hydrogen (secondary N) is 2. The molecule has 8 nitrogen and oxygen atoms in total. The number of aliphatic hydroxyl groups is 1. The van der Waals surface area contributed by atoms with Crippen molar-refractivity contribution < 1.29 is 19.4 Å². The molecule has 8 heteroatoms. The molecule has 260 valence electrons. The topological polar surface area (TPSA) is 86.3 Å². The predicted molar refractivity (Wildman–Crippen MR) is 191 cm³/mol. The number of hydrogen-bond donors (Lipinski definition) is 3. The van der Waals surface area contributed by atoms with Gasteiger partial charge in [-0.2, -0.15) is 0 Å². The standard InChI is InChI=1S/C41H52N4O4/c1-28-37(26-45-17-15-44(16-18-45)25-29-5-3-2-4-6-29)48-39(49-38(28)34-9-7-30(27-46)8-10-34)35-11-13-36(14-12-35)42-40(47)43-41-22-31-19-32(23-41)21-33(20-31)24-41/h2-14,28,31-33,37-39,46H,15-27H2,1H3,(H2,42,43,47)/t28-,31?,32?,33?,37+,38+,39+,41?/m0/s1. The maximum absolute atomic E-state index is 13.2. The summed E-state index contributed by atoms with van der Waals surface area (Å²) in [5.74, 6) is 2.49. The van der Waals surface area contributed by atoms with Gasteiger partial charge in [0.15, 0.2) is 6.29 Å². The molecule has 3 N–H and O–H groups in total. The summed E-state index contributed by atoms with van der Waals surface area (Å²) in [6.45, 7) is 8.16. The van der Waals surface area contributed by atoms with Crippen molar-refractivity contribution in [3.05, 3.63) is 101 Å². The van der Waals surface area contributed by atoms with Crippen LogP contribution in [-0.4, -0.2) is 65.3 Å². The fourth-order valence-electron chi connectivity index (χ4n) is 9.94. The molecule has 0 aromatic heterocycles. The first-order valence-corrected chi connectivity index (χ1v) is 18.6. The number of piperazine rings is 1. The first-order valence-electron chi connectivity index (χ1n) is 18.6. The SMILES string of the molecule is C[C@H]1[C@@H](CN2CCN(Cc3ccccc3)CC2)O[C@@H](c2ccc(NC(=O)NC34CC5CC(CC(C5)C3)C4)cc2)O[C@H]1c1ccc(CO)cc1. The van der Waals surface area contributed by atoms with Crippen molar-refractivity contribution in [2.75, 3.05) is 38.0 Å². The summed E-state index contributed by atoms with van der Waals surface area (Å²) in [4.78, 5) is 18.3. The Kier molecular flexibility index (Phi) is 9.51. The maximum atomic E-state index is 13.2. The van der Waals surface area contributed by atoms with E-state index in [1.807, 2.05) is 36.4 Å². The number of nitrogens with zero attached hydrogens (tertiary/aromatic N) is 2. The number of carbonyl (C=O) groups excluding carboxylic acids is 1. The van der Waals surface area contributed by atoms with Crippen LogP contribution in [0.4, 0.5) is 10.5 Å². The van der Waals surface area contributed by atoms with Crippen molar-refractivity contribution in [3.8, 4) is 0 Å². The highest BCUT2D eigenvalue weighted by atomic mass is 16.7. The second-order valence-corrected chi connectivity index (χ2v) is 15.8. The van der Waals surface area contributed by atoms with Crippen LogP contribution >= 0.6 is 0 Å². The van der Waals surface area contributed by atoms with Crippen LogP contribution in [0.15, 0.2) is 78.9 Å². The number of amides is 2. The zero-order valence-corrected chi connectivity index (χ0v) is 28.8. The Morgan fingerprint density at radius 1 is 0.776 bits per heavy atom. The van der Waals surface area contributed by atoms with E-state index >= 15 is 0 Å². The van der Waals surface area contributed by atoms with Gasteiger partial charge in [0, 0.05) is 62.0 Å². The molecule has 6 aliphatic rings. The summed E-state index contributed by atoms with van der Waals surface area (Å²) >= 11 is 0. The molecule has 6 fully saturated rings. The maximum Gasteiger partial charge on any atom is 0.319 e. The zero-order chi connectivity index (χ0) is 33.4. The van der Waals surface area contributed by atoms with Crippen molar-refractivity contribution in [2.24, 2.45) is 23.7 Å². The number of benzene rings is 3. The van der Waals surface area contributed by atoms with E-state index in [0.717, 1.165) is 98.7 Å². The van der Waals surface area contributed by atoms with Gasteiger partial charge in [-0.05, 0) is 85.1 Å². The minimum absolute atomic E-state index is 0.0206. The van der Waals surface area contributed by atoms with Crippen LogP contribution in [0.1, 0.15) is 80.1 Å². The highest BCUT2D eigenvalue weighted by Crippen LogP contribution is 2.55. The first-order chi connectivity index (χ1) is 23.9. The molecule has 4 bridgehead atoms. The summed E-state index contributed by atoms with van der Waals surface area (Å²) < 4.78 is 13.5. The van der Waals surface area contributed by atoms with Crippen LogP contribution in [0.3, 0.4) is 0 Å². The molecule has 0 unspecified atom stereocenters. The van der Waals surface area contributed by atoms with Crippen LogP contribution in [-0.2, 0) is 22.6 Å². The number of ether oxygens (including phenoxy) is 2. The van der Waals surface area contributed by atoms with Gasteiger partial charge in [-0.3, -0.25) is 9.80 Å².